The average Bonchev–Trinajstić information content (AvgIpc) is 2.84. The molecule has 1 N–H and O–H groups in total. The predicted octanol–water partition coefficient (Wildman–Crippen LogP) is 3.21. The zero-order valence-electron chi connectivity index (χ0n) is 12.2. The fraction of sp³-hybridized carbons (Fsp3) is 0.467. The van der Waals surface area contributed by atoms with Gasteiger partial charge in [-0.15, -0.1) is 11.8 Å². The molecule has 0 unspecified atom stereocenters. The van der Waals surface area contributed by atoms with E-state index in [0.717, 1.165) is 24.5 Å². The zero-order chi connectivity index (χ0) is 14.4. The van der Waals surface area contributed by atoms with E-state index in [1.54, 1.807) is 11.8 Å². The topological polar surface area (TPSA) is 51.0 Å². The van der Waals surface area contributed by atoms with Gasteiger partial charge in [0.15, 0.2) is 5.82 Å². The molecule has 4 nitrogen and oxygen atoms in total. The molecule has 2 aromatic rings. The van der Waals surface area contributed by atoms with Crippen molar-refractivity contribution < 1.29 is 4.52 Å². The summed E-state index contributed by atoms with van der Waals surface area (Å²) in [5, 5.41) is 7.35. The van der Waals surface area contributed by atoms with Crippen molar-refractivity contribution in [2.45, 2.75) is 43.9 Å². The monoisotopic (exact) mass is 291 g/mol. The van der Waals surface area contributed by atoms with Crippen LogP contribution in [0.4, 0.5) is 0 Å². The van der Waals surface area contributed by atoms with Crippen LogP contribution in [-0.4, -0.2) is 22.7 Å². The van der Waals surface area contributed by atoms with Crippen LogP contribution in [0.5, 0.6) is 0 Å². The Hall–Kier alpha value is -1.33. The van der Waals surface area contributed by atoms with E-state index in [1.165, 1.54) is 10.5 Å². The number of aryl methyl sites for hydroxylation is 1. The number of nitrogens with zero attached hydrogens (tertiary/aromatic N) is 2. The van der Waals surface area contributed by atoms with E-state index in [2.05, 4.69) is 60.5 Å². The molecule has 0 aliphatic heterocycles. The van der Waals surface area contributed by atoms with Gasteiger partial charge in [-0.2, -0.15) is 4.98 Å². The summed E-state index contributed by atoms with van der Waals surface area (Å²) < 4.78 is 5.24. The highest BCUT2D eigenvalue weighted by atomic mass is 32.2. The number of aromatic nitrogens is 2. The fourth-order valence-corrected chi connectivity index (χ4v) is 2.63. The van der Waals surface area contributed by atoms with E-state index in [9.17, 15) is 0 Å². The SMILES string of the molecule is Cc1cccc(SCc2noc(CCNC(C)C)n2)c1. The van der Waals surface area contributed by atoms with Crippen LogP contribution < -0.4 is 5.32 Å². The van der Waals surface area contributed by atoms with Gasteiger partial charge in [0.1, 0.15) is 0 Å². The summed E-state index contributed by atoms with van der Waals surface area (Å²) in [5.74, 6) is 2.21. The molecule has 20 heavy (non-hydrogen) atoms. The summed E-state index contributed by atoms with van der Waals surface area (Å²) in [6, 6.07) is 8.91. The maximum Gasteiger partial charge on any atom is 0.227 e. The van der Waals surface area contributed by atoms with Crippen molar-refractivity contribution in [2.24, 2.45) is 0 Å². The van der Waals surface area contributed by atoms with E-state index >= 15 is 0 Å². The average molecular weight is 291 g/mol. The highest BCUT2D eigenvalue weighted by Crippen LogP contribution is 2.22. The van der Waals surface area contributed by atoms with Crippen LogP contribution in [0.15, 0.2) is 33.7 Å². The molecule has 0 amide bonds. The number of nitrogens with one attached hydrogen (secondary N) is 1. The Kier molecular flexibility index (Phi) is 5.61. The minimum atomic E-state index is 0.481. The number of hydrogen-bond acceptors (Lipinski definition) is 5. The molecule has 5 heteroatoms. The number of thioether (sulfide) groups is 1. The van der Waals surface area contributed by atoms with Gasteiger partial charge < -0.3 is 9.84 Å². The zero-order valence-corrected chi connectivity index (χ0v) is 13.0. The van der Waals surface area contributed by atoms with Crippen molar-refractivity contribution >= 4 is 11.8 Å². The highest BCUT2D eigenvalue weighted by Gasteiger charge is 2.07. The Morgan fingerprint density at radius 2 is 2.20 bits per heavy atom. The molecule has 0 spiro atoms. The van der Waals surface area contributed by atoms with Crippen LogP contribution in [0.2, 0.25) is 0 Å². The lowest BCUT2D eigenvalue weighted by molar-refractivity contribution is 0.370. The Morgan fingerprint density at radius 1 is 1.35 bits per heavy atom. The quantitative estimate of drug-likeness (QED) is 0.794. The van der Waals surface area contributed by atoms with E-state index < -0.39 is 0 Å². The molecular formula is C15H21N3OS. The minimum absolute atomic E-state index is 0.481. The van der Waals surface area contributed by atoms with Crippen LogP contribution in [0.25, 0.3) is 0 Å². The second kappa shape index (κ2) is 7.45. The Labute approximate surface area is 124 Å². The van der Waals surface area contributed by atoms with Gasteiger partial charge in [0.2, 0.25) is 5.89 Å². The second-order valence-corrected chi connectivity index (χ2v) is 6.12. The molecule has 0 bridgehead atoms. The van der Waals surface area contributed by atoms with Crippen LogP contribution in [0.3, 0.4) is 0 Å². The molecule has 0 aliphatic carbocycles. The first-order valence-electron chi connectivity index (χ1n) is 6.88. The van der Waals surface area contributed by atoms with Crippen LogP contribution in [0, 0.1) is 6.92 Å². The van der Waals surface area contributed by atoms with Gasteiger partial charge in [-0.05, 0) is 19.1 Å². The molecular weight excluding hydrogens is 270 g/mol. The third-order valence-electron chi connectivity index (χ3n) is 2.76. The first-order chi connectivity index (χ1) is 9.63. The van der Waals surface area contributed by atoms with Crippen molar-refractivity contribution in [1.29, 1.82) is 0 Å². The maximum absolute atomic E-state index is 5.24. The van der Waals surface area contributed by atoms with Crippen LogP contribution >= 0.6 is 11.8 Å². The molecule has 1 heterocycles. The first kappa shape index (κ1) is 15.1. The van der Waals surface area contributed by atoms with E-state index in [-0.39, 0.29) is 0 Å². The number of rotatable bonds is 7. The van der Waals surface area contributed by atoms with Crippen LogP contribution in [0.1, 0.15) is 31.1 Å². The lowest BCUT2D eigenvalue weighted by atomic mass is 10.2. The second-order valence-electron chi connectivity index (χ2n) is 5.07. The van der Waals surface area contributed by atoms with E-state index in [0.29, 0.717) is 11.9 Å². The standard InChI is InChI=1S/C15H21N3OS/c1-11(2)16-8-7-15-17-14(18-19-15)10-20-13-6-4-5-12(3)9-13/h4-6,9,11,16H,7-8,10H2,1-3H3. The molecule has 0 aliphatic rings. The summed E-state index contributed by atoms with van der Waals surface area (Å²) in [4.78, 5) is 5.64. The predicted molar refractivity (Wildman–Crippen MR) is 81.9 cm³/mol. The summed E-state index contributed by atoms with van der Waals surface area (Å²) in [5.41, 5.74) is 1.27. The summed E-state index contributed by atoms with van der Waals surface area (Å²) >= 11 is 1.73. The molecule has 0 saturated heterocycles. The molecule has 1 aromatic carbocycles. The third-order valence-corrected chi connectivity index (χ3v) is 3.75. The maximum atomic E-state index is 5.24. The van der Waals surface area contributed by atoms with Crippen LogP contribution in [-0.2, 0) is 12.2 Å². The van der Waals surface area contributed by atoms with Gasteiger partial charge in [-0.25, -0.2) is 0 Å². The lowest BCUT2D eigenvalue weighted by Gasteiger charge is -2.04. The number of hydrogen-bond donors (Lipinski definition) is 1. The molecule has 108 valence electrons. The van der Waals surface area contributed by atoms with Crippen molar-refractivity contribution in [3.8, 4) is 0 Å². The molecule has 2 rings (SSSR count). The first-order valence-corrected chi connectivity index (χ1v) is 7.86. The molecule has 0 atom stereocenters. The summed E-state index contributed by atoms with van der Waals surface area (Å²) in [6.07, 6.45) is 0.778. The van der Waals surface area contributed by atoms with Crippen molar-refractivity contribution in [2.75, 3.05) is 6.54 Å². The summed E-state index contributed by atoms with van der Waals surface area (Å²) in [6.45, 7) is 7.21. The van der Waals surface area contributed by atoms with E-state index in [1.807, 2.05) is 0 Å². The fourth-order valence-electron chi connectivity index (χ4n) is 1.77. The molecule has 0 saturated carbocycles. The van der Waals surface area contributed by atoms with Crippen molar-refractivity contribution in [1.82, 2.24) is 15.5 Å². The molecule has 1 aromatic heterocycles. The summed E-state index contributed by atoms with van der Waals surface area (Å²) in [7, 11) is 0. The van der Waals surface area contributed by atoms with Crippen molar-refractivity contribution in [3.05, 3.63) is 41.5 Å². The Bertz CT molecular complexity index is 539. The van der Waals surface area contributed by atoms with Gasteiger partial charge in [-0.3, -0.25) is 0 Å². The Morgan fingerprint density at radius 3 is 2.95 bits per heavy atom. The normalized spacial score (nSPS) is 11.2. The van der Waals surface area contributed by atoms with Gasteiger partial charge in [0, 0.05) is 23.9 Å². The molecule has 0 fully saturated rings. The third kappa shape index (κ3) is 4.98. The van der Waals surface area contributed by atoms with E-state index in [4.69, 9.17) is 4.52 Å². The smallest absolute Gasteiger partial charge is 0.227 e. The van der Waals surface area contributed by atoms with Gasteiger partial charge in [0.25, 0.3) is 0 Å². The van der Waals surface area contributed by atoms with Gasteiger partial charge in [0.05, 0.1) is 5.75 Å². The highest BCUT2D eigenvalue weighted by molar-refractivity contribution is 7.98. The largest absolute Gasteiger partial charge is 0.339 e. The minimum Gasteiger partial charge on any atom is -0.339 e. The number of benzene rings is 1. The van der Waals surface area contributed by atoms with Gasteiger partial charge >= 0.3 is 0 Å². The van der Waals surface area contributed by atoms with Crippen molar-refractivity contribution in [3.63, 3.8) is 0 Å². The van der Waals surface area contributed by atoms with Gasteiger partial charge in [-0.1, -0.05) is 36.7 Å². The lowest BCUT2D eigenvalue weighted by Crippen LogP contribution is -2.25. The Balaban J connectivity index is 1.80. The molecule has 0 radical (unpaired) electrons.